The Bertz CT molecular complexity index is 424. The molecule has 16 heavy (non-hydrogen) atoms. The van der Waals surface area contributed by atoms with E-state index in [1.807, 2.05) is 33.8 Å². The van der Waals surface area contributed by atoms with Crippen molar-refractivity contribution in [2.24, 2.45) is 5.73 Å². The molecular weight excluding hydrogens is 218 g/mol. The van der Waals surface area contributed by atoms with Crippen LogP contribution in [0, 0.1) is 20.8 Å². The number of thiocarbonyl (C=S) groups is 1. The molecule has 0 heterocycles. The number of hydrogen-bond donors (Lipinski definition) is 1. The molecular formula is C13H19NOS. The van der Waals surface area contributed by atoms with Crippen molar-refractivity contribution in [3.63, 3.8) is 0 Å². The number of rotatable bonds is 3. The highest BCUT2D eigenvalue weighted by molar-refractivity contribution is 7.80. The average molecular weight is 237 g/mol. The molecule has 0 radical (unpaired) electrons. The maximum Gasteiger partial charge on any atom is 0.153 e. The summed E-state index contributed by atoms with van der Waals surface area (Å²) in [6.45, 7) is 9.91. The smallest absolute Gasteiger partial charge is 0.153 e. The Hall–Kier alpha value is -1.09. The van der Waals surface area contributed by atoms with Crippen molar-refractivity contribution >= 4 is 17.2 Å². The first-order valence-corrected chi connectivity index (χ1v) is 5.72. The second kappa shape index (κ2) is 4.42. The molecule has 0 bridgehead atoms. The van der Waals surface area contributed by atoms with Crippen LogP contribution in [-0.2, 0) is 0 Å². The first-order valence-electron chi connectivity index (χ1n) is 5.31. The molecule has 0 atom stereocenters. The summed E-state index contributed by atoms with van der Waals surface area (Å²) in [5.41, 5.74) is 8.50. The van der Waals surface area contributed by atoms with Gasteiger partial charge >= 0.3 is 0 Å². The minimum Gasteiger partial charge on any atom is -0.480 e. The number of nitrogens with two attached hydrogens (primary N) is 1. The summed E-state index contributed by atoms with van der Waals surface area (Å²) in [4.78, 5) is 0.368. The molecule has 0 aliphatic rings. The highest BCUT2D eigenvalue weighted by Crippen LogP contribution is 2.29. The molecule has 0 spiro atoms. The number of aryl methyl sites for hydroxylation is 2. The summed E-state index contributed by atoms with van der Waals surface area (Å²) in [6.07, 6.45) is 0. The van der Waals surface area contributed by atoms with Crippen molar-refractivity contribution in [3.8, 4) is 5.75 Å². The van der Waals surface area contributed by atoms with E-state index in [-0.39, 0.29) is 0 Å². The highest BCUT2D eigenvalue weighted by Gasteiger charge is 2.25. The predicted octanol–water partition coefficient (Wildman–Crippen LogP) is 3.06. The minimum atomic E-state index is -0.612. The Morgan fingerprint density at radius 2 is 1.69 bits per heavy atom. The van der Waals surface area contributed by atoms with Gasteiger partial charge < -0.3 is 10.5 Å². The molecule has 2 nitrogen and oxygen atoms in total. The van der Waals surface area contributed by atoms with E-state index in [1.165, 1.54) is 5.56 Å². The Balaban J connectivity index is 3.15. The molecule has 1 aromatic rings. The fourth-order valence-electron chi connectivity index (χ4n) is 1.39. The van der Waals surface area contributed by atoms with Crippen molar-refractivity contribution in [2.45, 2.75) is 40.2 Å². The van der Waals surface area contributed by atoms with Crippen LogP contribution in [0.3, 0.4) is 0 Å². The zero-order valence-electron chi connectivity index (χ0n) is 10.5. The van der Waals surface area contributed by atoms with E-state index in [9.17, 15) is 0 Å². The van der Waals surface area contributed by atoms with E-state index in [1.54, 1.807) is 0 Å². The van der Waals surface area contributed by atoms with Crippen LogP contribution in [0.2, 0.25) is 0 Å². The summed E-state index contributed by atoms with van der Waals surface area (Å²) in [5.74, 6) is 0.887. The van der Waals surface area contributed by atoms with Gasteiger partial charge in [0.15, 0.2) is 5.60 Å². The van der Waals surface area contributed by atoms with E-state index >= 15 is 0 Å². The van der Waals surface area contributed by atoms with Crippen molar-refractivity contribution in [2.75, 3.05) is 0 Å². The van der Waals surface area contributed by atoms with E-state index in [2.05, 4.69) is 13.0 Å². The maximum atomic E-state index is 5.94. The summed E-state index contributed by atoms with van der Waals surface area (Å²) in [7, 11) is 0. The topological polar surface area (TPSA) is 35.2 Å². The van der Waals surface area contributed by atoms with Crippen molar-refractivity contribution < 1.29 is 4.74 Å². The van der Waals surface area contributed by atoms with Crippen molar-refractivity contribution in [1.29, 1.82) is 0 Å². The van der Waals surface area contributed by atoms with Gasteiger partial charge in [-0.15, -0.1) is 0 Å². The molecule has 0 saturated carbocycles. The lowest BCUT2D eigenvalue weighted by atomic mass is 10.0. The zero-order chi connectivity index (χ0) is 12.5. The lowest BCUT2D eigenvalue weighted by Crippen LogP contribution is -2.42. The molecule has 1 rings (SSSR count). The average Bonchev–Trinajstić information content (AvgIpc) is 2.18. The summed E-state index contributed by atoms with van der Waals surface area (Å²) >= 11 is 5.00. The van der Waals surface area contributed by atoms with Gasteiger partial charge in [0, 0.05) is 0 Å². The van der Waals surface area contributed by atoms with Gasteiger partial charge in [0.1, 0.15) is 10.7 Å². The van der Waals surface area contributed by atoms with Gasteiger partial charge in [-0.25, -0.2) is 0 Å². The second-order valence-corrected chi connectivity index (χ2v) is 5.07. The van der Waals surface area contributed by atoms with Gasteiger partial charge in [-0.3, -0.25) is 0 Å². The molecule has 0 saturated heterocycles. The second-order valence-electron chi connectivity index (χ2n) is 4.63. The molecule has 3 heteroatoms. The van der Waals surface area contributed by atoms with Gasteiger partial charge in [-0.1, -0.05) is 24.4 Å². The fraction of sp³-hybridized carbons (Fsp3) is 0.462. The predicted molar refractivity (Wildman–Crippen MR) is 72.1 cm³/mol. The molecule has 88 valence electrons. The zero-order valence-corrected chi connectivity index (χ0v) is 11.4. The van der Waals surface area contributed by atoms with Crippen LogP contribution in [0.4, 0.5) is 0 Å². The Morgan fingerprint density at radius 1 is 1.19 bits per heavy atom. The number of benzene rings is 1. The minimum absolute atomic E-state index is 0.368. The molecule has 0 aliphatic heterocycles. The van der Waals surface area contributed by atoms with Crippen LogP contribution >= 0.6 is 12.2 Å². The molecule has 0 aromatic heterocycles. The van der Waals surface area contributed by atoms with Crippen molar-refractivity contribution in [3.05, 3.63) is 28.8 Å². The van der Waals surface area contributed by atoms with E-state index in [0.29, 0.717) is 4.99 Å². The van der Waals surface area contributed by atoms with Crippen LogP contribution in [0.5, 0.6) is 5.75 Å². The first kappa shape index (κ1) is 13.0. The monoisotopic (exact) mass is 237 g/mol. The van der Waals surface area contributed by atoms with E-state index < -0.39 is 5.60 Å². The summed E-state index contributed by atoms with van der Waals surface area (Å²) in [6, 6.07) is 4.14. The van der Waals surface area contributed by atoms with Gasteiger partial charge in [-0.2, -0.15) is 0 Å². The van der Waals surface area contributed by atoms with E-state index in [4.69, 9.17) is 22.7 Å². The third-order valence-corrected chi connectivity index (χ3v) is 3.32. The summed E-state index contributed by atoms with van der Waals surface area (Å²) in [5, 5.41) is 0. The normalized spacial score (nSPS) is 11.3. The lowest BCUT2D eigenvalue weighted by Gasteiger charge is -2.27. The third-order valence-electron chi connectivity index (χ3n) is 2.82. The fourth-order valence-corrected chi connectivity index (χ4v) is 1.43. The Kier molecular flexibility index (Phi) is 3.58. The Labute approximate surface area is 103 Å². The molecule has 0 amide bonds. The highest BCUT2D eigenvalue weighted by atomic mass is 32.1. The summed E-state index contributed by atoms with van der Waals surface area (Å²) < 4.78 is 5.94. The molecule has 0 unspecified atom stereocenters. The number of ether oxygens (including phenoxy) is 1. The van der Waals surface area contributed by atoms with Gasteiger partial charge in [-0.05, 0) is 51.3 Å². The SMILES string of the molecule is Cc1ccc(C)c(OC(C)(C)C(N)=S)c1C. The first-order chi connectivity index (χ1) is 7.25. The van der Waals surface area contributed by atoms with Crippen molar-refractivity contribution in [1.82, 2.24) is 0 Å². The van der Waals surface area contributed by atoms with Gasteiger partial charge in [0.05, 0.1) is 0 Å². The molecule has 0 fully saturated rings. The molecule has 0 aliphatic carbocycles. The van der Waals surface area contributed by atoms with Gasteiger partial charge in [0.2, 0.25) is 0 Å². The van der Waals surface area contributed by atoms with Crippen LogP contribution < -0.4 is 10.5 Å². The van der Waals surface area contributed by atoms with Crippen LogP contribution in [0.1, 0.15) is 30.5 Å². The van der Waals surface area contributed by atoms with Crippen LogP contribution in [0.25, 0.3) is 0 Å². The Morgan fingerprint density at radius 3 is 2.19 bits per heavy atom. The molecule has 2 N–H and O–H groups in total. The maximum absolute atomic E-state index is 5.94. The molecule has 1 aromatic carbocycles. The van der Waals surface area contributed by atoms with Crippen LogP contribution in [0.15, 0.2) is 12.1 Å². The van der Waals surface area contributed by atoms with Crippen LogP contribution in [-0.4, -0.2) is 10.6 Å². The lowest BCUT2D eigenvalue weighted by molar-refractivity contribution is 0.181. The standard InChI is InChI=1S/C13H19NOS/c1-8-6-7-9(2)11(10(8)3)15-13(4,5)12(14)16/h6-7H,1-5H3,(H2,14,16). The third kappa shape index (κ3) is 2.53. The van der Waals surface area contributed by atoms with E-state index in [0.717, 1.165) is 16.9 Å². The largest absolute Gasteiger partial charge is 0.480 e. The quantitative estimate of drug-likeness (QED) is 0.821. The van der Waals surface area contributed by atoms with Gasteiger partial charge in [0.25, 0.3) is 0 Å². The number of hydrogen-bond acceptors (Lipinski definition) is 2.